The van der Waals surface area contributed by atoms with Gasteiger partial charge in [0.05, 0.1) is 5.54 Å². The van der Waals surface area contributed by atoms with E-state index in [1.807, 2.05) is 26.0 Å². The summed E-state index contributed by atoms with van der Waals surface area (Å²) in [7, 11) is 0. The molecule has 0 unspecified atom stereocenters. The lowest BCUT2D eigenvalue weighted by Gasteiger charge is -2.08. The molecule has 1 rings (SSSR count). The lowest BCUT2D eigenvalue weighted by Crippen LogP contribution is -2.29. The lowest BCUT2D eigenvalue weighted by atomic mass is 10.0. The van der Waals surface area contributed by atoms with Gasteiger partial charge in [-0.1, -0.05) is 37.8 Å². The van der Waals surface area contributed by atoms with E-state index < -0.39 is 5.54 Å². The Morgan fingerprint density at radius 1 is 1.13 bits per heavy atom. The molecule has 0 radical (unpaired) electrons. The van der Waals surface area contributed by atoms with Gasteiger partial charge < -0.3 is 5.73 Å². The van der Waals surface area contributed by atoms with Crippen molar-refractivity contribution < 1.29 is 0 Å². The van der Waals surface area contributed by atoms with Gasteiger partial charge in [0.2, 0.25) is 0 Å². The summed E-state index contributed by atoms with van der Waals surface area (Å²) < 4.78 is 0. The predicted molar refractivity (Wildman–Crippen MR) is 65.7 cm³/mol. The van der Waals surface area contributed by atoms with Crippen LogP contribution >= 0.6 is 0 Å². The minimum atomic E-state index is -0.420. The summed E-state index contributed by atoms with van der Waals surface area (Å²) >= 11 is 0. The van der Waals surface area contributed by atoms with E-state index in [1.165, 1.54) is 5.56 Å². The van der Waals surface area contributed by atoms with E-state index in [0.29, 0.717) is 5.92 Å². The molecule has 0 atom stereocenters. The third-order valence-electron chi connectivity index (χ3n) is 2.11. The van der Waals surface area contributed by atoms with Gasteiger partial charge in [0.15, 0.2) is 0 Å². The molecule has 0 aromatic heterocycles. The van der Waals surface area contributed by atoms with Crippen LogP contribution in [0.4, 0.5) is 0 Å². The molecule has 2 N–H and O–H groups in total. The average molecular weight is 201 g/mol. The molecular formula is C14H19N. The summed E-state index contributed by atoms with van der Waals surface area (Å²) in [6.07, 6.45) is 0. The van der Waals surface area contributed by atoms with E-state index >= 15 is 0 Å². The molecule has 0 aliphatic carbocycles. The number of hydrogen-bond donors (Lipinski definition) is 1. The van der Waals surface area contributed by atoms with Gasteiger partial charge in [-0.05, 0) is 37.5 Å². The first-order valence-electron chi connectivity index (χ1n) is 5.30. The van der Waals surface area contributed by atoms with Crippen molar-refractivity contribution in [3.63, 3.8) is 0 Å². The van der Waals surface area contributed by atoms with Crippen molar-refractivity contribution in [3.05, 3.63) is 35.4 Å². The Labute approximate surface area is 92.7 Å². The Kier molecular flexibility index (Phi) is 3.55. The Morgan fingerprint density at radius 3 is 2.07 bits per heavy atom. The first-order valence-corrected chi connectivity index (χ1v) is 5.30. The quantitative estimate of drug-likeness (QED) is 0.695. The molecule has 15 heavy (non-hydrogen) atoms. The summed E-state index contributed by atoms with van der Waals surface area (Å²) in [6.45, 7) is 8.18. The SMILES string of the molecule is CC(C)c1ccc(C#CC(C)(C)N)cc1. The highest BCUT2D eigenvalue weighted by atomic mass is 14.7. The molecule has 0 aliphatic heterocycles. The van der Waals surface area contributed by atoms with Crippen molar-refractivity contribution in [3.8, 4) is 11.8 Å². The zero-order chi connectivity index (χ0) is 11.5. The summed E-state index contributed by atoms with van der Waals surface area (Å²) in [5.74, 6) is 6.66. The normalized spacial score (nSPS) is 11.1. The zero-order valence-corrected chi connectivity index (χ0v) is 9.96. The second kappa shape index (κ2) is 4.51. The van der Waals surface area contributed by atoms with E-state index in [1.54, 1.807) is 0 Å². The van der Waals surface area contributed by atoms with Crippen LogP contribution in [0.2, 0.25) is 0 Å². The van der Waals surface area contributed by atoms with E-state index in [0.717, 1.165) is 5.56 Å². The van der Waals surface area contributed by atoms with E-state index in [9.17, 15) is 0 Å². The van der Waals surface area contributed by atoms with Crippen LogP contribution in [-0.4, -0.2) is 5.54 Å². The van der Waals surface area contributed by atoms with Crippen molar-refractivity contribution in [2.24, 2.45) is 5.73 Å². The third-order valence-corrected chi connectivity index (χ3v) is 2.11. The average Bonchev–Trinajstić information content (AvgIpc) is 2.14. The van der Waals surface area contributed by atoms with Gasteiger partial charge in [-0.3, -0.25) is 0 Å². The molecule has 0 aliphatic rings. The summed E-state index contributed by atoms with van der Waals surface area (Å²) in [6, 6.07) is 8.35. The molecule has 0 bridgehead atoms. The van der Waals surface area contributed by atoms with E-state index in [-0.39, 0.29) is 0 Å². The van der Waals surface area contributed by atoms with Crippen LogP contribution in [0.15, 0.2) is 24.3 Å². The first kappa shape index (κ1) is 11.8. The monoisotopic (exact) mass is 201 g/mol. The van der Waals surface area contributed by atoms with Gasteiger partial charge in [0, 0.05) is 5.56 Å². The highest BCUT2D eigenvalue weighted by molar-refractivity contribution is 5.38. The fraction of sp³-hybridized carbons (Fsp3) is 0.429. The fourth-order valence-electron chi connectivity index (χ4n) is 1.18. The molecule has 0 spiro atoms. The largest absolute Gasteiger partial charge is 0.316 e. The summed E-state index contributed by atoms with van der Waals surface area (Å²) in [4.78, 5) is 0. The Hall–Kier alpha value is -1.26. The smallest absolute Gasteiger partial charge is 0.0722 e. The van der Waals surface area contributed by atoms with Crippen LogP contribution in [0.5, 0.6) is 0 Å². The van der Waals surface area contributed by atoms with Gasteiger partial charge >= 0.3 is 0 Å². The number of nitrogens with two attached hydrogens (primary N) is 1. The molecule has 80 valence electrons. The second-order valence-electron chi connectivity index (χ2n) is 4.75. The van der Waals surface area contributed by atoms with Crippen molar-refractivity contribution >= 4 is 0 Å². The van der Waals surface area contributed by atoms with Gasteiger partial charge in [-0.25, -0.2) is 0 Å². The molecule has 1 nitrogen and oxygen atoms in total. The Balaban J connectivity index is 2.85. The van der Waals surface area contributed by atoms with Crippen molar-refractivity contribution in [1.82, 2.24) is 0 Å². The molecule has 1 heteroatoms. The molecule has 0 heterocycles. The number of hydrogen-bond acceptors (Lipinski definition) is 1. The van der Waals surface area contributed by atoms with Gasteiger partial charge in [-0.15, -0.1) is 0 Å². The highest BCUT2D eigenvalue weighted by Crippen LogP contribution is 2.14. The fourth-order valence-corrected chi connectivity index (χ4v) is 1.18. The van der Waals surface area contributed by atoms with Crippen LogP contribution in [-0.2, 0) is 0 Å². The number of benzene rings is 1. The highest BCUT2D eigenvalue weighted by Gasteiger charge is 2.03. The van der Waals surface area contributed by atoms with Crippen molar-refractivity contribution in [2.45, 2.75) is 39.2 Å². The van der Waals surface area contributed by atoms with Crippen LogP contribution < -0.4 is 5.73 Å². The standard InChI is InChI=1S/C14H19N/c1-11(2)13-7-5-12(6-8-13)9-10-14(3,4)15/h5-8,11H,15H2,1-4H3. The predicted octanol–water partition coefficient (Wildman–Crippen LogP) is 2.90. The summed E-state index contributed by atoms with van der Waals surface area (Å²) in [5, 5.41) is 0. The van der Waals surface area contributed by atoms with Crippen molar-refractivity contribution in [2.75, 3.05) is 0 Å². The van der Waals surface area contributed by atoms with Crippen molar-refractivity contribution in [1.29, 1.82) is 0 Å². The maximum absolute atomic E-state index is 5.79. The van der Waals surface area contributed by atoms with E-state index in [4.69, 9.17) is 5.73 Å². The number of rotatable bonds is 1. The van der Waals surface area contributed by atoms with Gasteiger partial charge in [0.25, 0.3) is 0 Å². The van der Waals surface area contributed by atoms with E-state index in [2.05, 4.69) is 37.8 Å². The minimum absolute atomic E-state index is 0.420. The van der Waals surface area contributed by atoms with Gasteiger partial charge in [-0.2, -0.15) is 0 Å². The van der Waals surface area contributed by atoms with Gasteiger partial charge in [0.1, 0.15) is 0 Å². The second-order valence-corrected chi connectivity index (χ2v) is 4.75. The molecule has 0 saturated carbocycles. The summed E-state index contributed by atoms with van der Waals surface area (Å²) in [5.41, 5.74) is 7.73. The van der Waals surface area contributed by atoms with Crippen LogP contribution in [0.25, 0.3) is 0 Å². The Morgan fingerprint density at radius 2 is 1.67 bits per heavy atom. The molecule has 0 amide bonds. The first-order chi connectivity index (χ1) is 6.88. The Bertz CT molecular complexity index is 369. The lowest BCUT2D eigenvalue weighted by molar-refractivity contribution is 0.680. The topological polar surface area (TPSA) is 26.0 Å². The maximum atomic E-state index is 5.79. The minimum Gasteiger partial charge on any atom is -0.316 e. The molecular weight excluding hydrogens is 182 g/mol. The van der Waals surface area contributed by atoms with Crippen LogP contribution in [0.1, 0.15) is 44.7 Å². The molecule has 1 aromatic carbocycles. The van der Waals surface area contributed by atoms with Crippen LogP contribution in [0, 0.1) is 11.8 Å². The molecule has 0 fully saturated rings. The third kappa shape index (κ3) is 4.18. The molecule has 0 saturated heterocycles. The zero-order valence-electron chi connectivity index (χ0n) is 9.96. The molecule has 1 aromatic rings. The van der Waals surface area contributed by atoms with Crippen LogP contribution in [0.3, 0.4) is 0 Å². The maximum Gasteiger partial charge on any atom is 0.0722 e.